The second-order valence-corrected chi connectivity index (χ2v) is 8.30. The molecule has 0 saturated carbocycles. The summed E-state index contributed by atoms with van der Waals surface area (Å²) in [4.78, 5) is 15.2. The molecule has 0 aliphatic carbocycles. The standard InChI is InChI=1S/C22H26N6OS/c1-16-4-7-21(14-17(16)2)28-22(30)27(23-24-28)15-25-10-12-26(13-11-25)20-8-5-19(6-9-20)18(3)29/h4-9,14H,10-13,15H2,1-3H3/p+1. The summed E-state index contributed by atoms with van der Waals surface area (Å²) in [6.45, 7) is 10.4. The average molecular weight is 424 g/mol. The van der Waals surface area contributed by atoms with Gasteiger partial charge in [-0.05, 0) is 90.9 Å². The fourth-order valence-electron chi connectivity index (χ4n) is 3.75. The van der Waals surface area contributed by atoms with E-state index in [1.807, 2.05) is 35.0 Å². The number of carbonyl (C=O) groups is 1. The number of Topliss-reactive ketones (excluding diaryl/α,β-unsaturated/α-hetero) is 1. The van der Waals surface area contributed by atoms with Gasteiger partial charge in [0.1, 0.15) is 0 Å². The highest BCUT2D eigenvalue weighted by Gasteiger charge is 2.21. The first-order valence-corrected chi connectivity index (χ1v) is 10.6. The van der Waals surface area contributed by atoms with Gasteiger partial charge in [0.25, 0.3) is 0 Å². The number of tetrazole rings is 1. The fourth-order valence-corrected chi connectivity index (χ4v) is 3.99. The lowest BCUT2D eigenvalue weighted by Gasteiger charge is -2.33. The Balaban J connectivity index is 1.39. The van der Waals surface area contributed by atoms with E-state index in [1.165, 1.54) is 16.0 Å². The molecule has 0 bridgehead atoms. The Bertz CT molecular complexity index is 1110. The van der Waals surface area contributed by atoms with Crippen molar-refractivity contribution in [3.8, 4) is 5.69 Å². The highest BCUT2D eigenvalue weighted by Crippen LogP contribution is 2.16. The SMILES string of the molecule is CC(=O)c1ccc(N2CC[NH+](Cn3nnn(-c4ccc(C)c(C)c4)c3=S)CC2)cc1. The maximum Gasteiger partial charge on any atom is 0.225 e. The molecule has 1 aromatic heterocycles. The summed E-state index contributed by atoms with van der Waals surface area (Å²) in [6, 6.07) is 14.1. The molecule has 1 aliphatic rings. The largest absolute Gasteiger partial charge is 0.360 e. The van der Waals surface area contributed by atoms with Gasteiger partial charge in [-0.1, -0.05) is 6.07 Å². The number of aromatic nitrogens is 4. The second kappa shape index (κ2) is 8.49. The highest BCUT2D eigenvalue weighted by atomic mass is 32.1. The maximum atomic E-state index is 11.5. The van der Waals surface area contributed by atoms with E-state index in [0.717, 1.165) is 43.1 Å². The summed E-state index contributed by atoms with van der Waals surface area (Å²) in [5, 5.41) is 8.58. The molecule has 7 nitrogen and oxygen atoms in total. The van der Waals surface area contributed by atoms with Gasteiger partial charge in [-0.3, -0.25) is 4.79 Å². The van der Waals surface area contributed by atoms with Crippen molar-refractivity contribution < 1.29 is 9.69 Å². The molecule has 1 aliphatic heterocycles. The van der Waals surface area contributed by atoms with E-state index in [2.05, 4.69) is 41.3 Å². The molecular formula is C22H27N6OS+. The van der Waals surface area contributed by atoms with Crippen LogP contribution in [0.25, 0.3) is 5.69 Å². The zero-order valence-electron chi connectivity index (χ0n) is 17.6. The number of nitrogens with one attached hydrogen (secondary N) is 1. The molecule has 0 spiro atoms. The van der Waals surface area contributed by atoms with Crippen LogP contribution in [0.2, 0.25) is 0 Å². The quantitative estimate of drug-likeness (QED) is 0.502. The van der Waals surface area contributed by atoms with Crippen molar-refractivity contribution >= 4 is 23.7 Å². The lowest BCUT2D eigenvalue weighted by atomic mass is 10.1. The van der Waals surface area contributed by atoms with Crippen LogP contribution in [0.3, 0.4) is 0 Å². The highest BCUT2D eigenvalue weighted by molar-refractivity contribution is 7.71. The van der Waals surface area contributed by atoms with Crippen LogP contribution in [0.15, 0.2) is 42.5 Å². The summed E-state index contributed by atoms with van der Waals surface area (Å²) in [7, 11) is 0. The van der Waals surface area contributed by atoms with Crippen LogP contribution in [-0.4, -0.2) is 51.8 Å². The van der Waals surface area contributed by atoms with Crippen molar-refractivity contribution in [1.29, 1.82) is 0 Å². The zero-order chi connectivity index (χ0) is 21.3. The van der Waals surface area contributed by atoms with Crippen LogP contribution in [0.1, 0.15) is 28.4 Å². The van der Waals surface area contributed by atoms with Gasteiger partial charge in [0, 0.05) is 11.3 Å². The third-order valence-electron chi connectivity index (χ3n) is 5.86. The van der Waals surface area contributed by atoms with Crippen molar-refractivity contribution in [3.05, 3.63) is 63.9 Å². The Morgan fingerprint density at radius 3 is 2.30 bits per heavy atom. The number of benzene rings is 2. The number of ketones is 1. The molecule has 8 heteroatoms. The Kier molecular flexibility index (Phi) is 5.78. The number of carbonyl (C=O) groups excluding carboxylic acids is 1. The number of hydrogen-bond acceptors (Lipinski definition) is 5. The second-order valence-electron chi connectivity index (χ2n) is 7.94. The molecule has 0 amide bonds. The minimum Gasteiger partial charge on any atom is -0.360 e. The van der Waals surface area contributed by atoms with Gasteiger partial charge >= 0.3 is 0 Å². The van der Waals surface area contributed by atoms with Gasteiger partial charge in [0.2, 0.25) is 4.77 Å². The summed E-state index contributed by atoms with van der Waals surface area (Å²) >= 11 is 5.63. The first-order valence-electron chi connectivity index (χ1n) is 10.2. The zero-order valence-corrected chi connectivity index (χ0v) is 18.4. The molecule has 1 saturated heterocycles. The number of nitrogens with zero attached hydrogens (tertiary/aromatic N) is 5. The predicted octanol–water partition coefficient (Wildman–Crippen LogP) is 1.98. The molecule has 2 heterocycles. The first-order chi connectivity index (χ1) is 14.4. The number of aryl methyl sites for hydroxylation is 2. The van der Waals surface area contributed by atoms with Crippen LogP contribution in [-0.2, 0) is 6.67 Å². The van der Waals surface area contributed by atoms with E-state index < -0.39 is 0 Å². The molecule has 0 atom stereocenters. The summed E-state index contributed by atoms with van der Waals surface area (Å²) in [5.74, 6) is 0.0985. The number of rotatable bonds is 5. The molecule has 156 valence electrons. The molecule has 0 radical (unpaired) electrons. The van der Waals surface area contributed by atoms with Crippen molar-refractivity contribution in [2.45, 2.75) is 27.4 Å². The maximum absolute atomic E-state index is 11.5. The van der Waals surface area contributed by atoms with Crippen LogP contribution in [0.5, 0.6) is 0 Å². The van der Waals surface area contributed by atoms with Gasteiger partial charge in [-0.25, -0.2) is 0 Å². The molecule has 30 heavy (non-hydrogen) atoms. The Morgan fingerprint density at radius 1 is 1.00 bits per heavy atom. The third kappa shape index (κ3) is 4.20. The lowest BCUT2D eigenvalue weighted by Crippen LogP contribution is -3.14. The average Bonchev–Trinajstić information content (AvgIpc) is 3.11. The van der Waals surface area contributed by atoms with E-state index in [0.29, 0.717) is 11.4 Å². The van der Waals surface area contributed by atoms with Crippen LogP contribution < -0.4 is 9.80 Å². The monoisotopic (exact) mass is 423 g/mol. The topological polar surface area (TPSA) is 60.4 Å². The van der Waals surface area contributed by atoms with E-state index in [-0.39, 0.29) is 5.78 Å². The molecule has 0 unspecified atom stereocenters. The van der Waals surface area contributed by atoms with E-state index in [1.54, 1.807) is 11.6 Å². The number of hydrogen-bond donors (Lipinski definition) is 1. The van der Waals surface area contributed by atoms with Crippen molar-refractivity contribution in [2.24, 2.45) is 0 Å². The van der Waals surface area contributed by atoms with Crippen LogP contribution >= 0.6 is 12.2 Å². The van der Waals surface area contributed by atoms with E-state index in [4.69, 9.17) is 12.2 Å². The Morgan fingerprint density at radius 2 is 1.67 bits per heavy atom. The third-order valence-corrected chi connectivity index (χ3v) is 6.24. The molecule has 2 aromatic carbocycles. The number of piperazine rings is 1. The molecular weight excluding hydrogens is 396 g/mol. The lowest BCUT2D eigenvalue weighted by molar-refractivity contribution is -0.924. The Labute approximate surface area is 181 Å². The van der Waals surface area contributed by atoms with Crippen molar-refractivity contribution in [1.82, 2.24) is 19.8 Å². The minimum absolute atomic E-state index is 0.0985. The minimum atomic E-state index is 0.0985. The summed E-state index contributed by atoms with van der Waals surface area (Å²) in [5.41, 5.74) is 5.32. The Hall–Kier alpha value is -2.84. The fraction of sp³-hybridized carbons (Fsp3) is 0.364. The van der Waals surface area contributed by atoms with Gasteiger partial charge in [-0.2, -0.15) is 9.36 Å². The van der Waals surface area contributed by atoms with Crippen LogP contribution in [0.4, 0.5) is 5.69 Å². The van der Waals surface area contributed by atoms with E-state index in [9.17, 15) is 4.79 Å². The smallest absolute Gasteiger partial charge is 0.225 e. The van der Waals surface area contributed by atoms with Gasteiger partial charge < -0.3 is 9.80 Å². The van der Waals surface area contributed by atoms with Crippen molar-refractivity contribution in [3.63, 3.8) is 0 Å². The summed E-state index contributed by atoms with van der Waals surface area (Å²) < 4.78 is 4.17. The van der Waals surface area contributed by atoms with Gasteiger partial charge in [-0.15, -0.1) is 0 Å². The summed E-state index contributed by atoms with van der Waals surface area (Å²) in [6.07, 6.45) is 0. The normalized spacial score (nSPS) is 14.8. The number of quaternary nitrogens is 1. The molecule has 3 aromatic rings. The van der Waals surface area contributed by atoms with E-state index >= 15 is 0 Å². The number of anilines is 1. The van der Waals surface area contributed by atoms with Crippen molar-refractivity contribution in [2.75, 3.05) is 31.1 Å². The molecule has 1 N–H and O–H groups in total. The van der Waals surface area contributed by atoms with Gasteiger partial charge in [0.15, 0.2) is 12.5 Å². The molecule has 4 rings (SSSR count). The first kappa shape index (κ1) is 20.4. The van der Waals surface area contributed by atoms with Crippen LogP contribution in [0, 0.1) is 18.6 Å². The predicted molar refractivity (Wildman–Crippen MR) is 119 cm³/mol. The van der Waals surface area contributed by atoms with Gasteiger partial charge in [0.05, 0.1) is 31.9 Å². The molecule has 1 fully saturated rings.